The van der Waals surface area contributed by atoms with E-state index in [1.165, 1.54) is 38.5 Å². The highest BCUT2D eigenvalue weighted by Crippen LogP contribution is 2.28. The Bertz CT molecular complexity index is 609. The maximum Gasteiger partial charge on any atom is 0.248 e. The number of hydrogen-bond acceptors (Lipinski definition) is 4. The number of amides is 1. The molecule has 3 heterocycles. The third-order valence-electron chi connectivity index (χ3n) is 6.27. The van der Waals surface area contributed by atoms with Crippen LogP contribution in [0.15, 0.2) is 0 Å². The van der Waals surface area contributed by atoms with E-state index in [1.807, 2.05) is 4.90 Å². The molecule has 6 heteroatoms. The van der Waals surface area contributed by atoms with Crippen LogP contribution >= 0.6 is 0 Å². The summed E-state index contributed by atoms with van der Waals surface area (Å²) in [5, 5.41) is 8.96. The first-order chi connectivity index (χ1) is 12.8. The summed E-state index contributed by atoms with van der Waals surface area (Å²) in [5.74, 6) is 2.71. The maximum atomic E-state index is 12.7. The highest BCUT2D eigenvalue weighted by Gasteiger charge is 2.29. The molecule has 0 aromatic carbocycles. The van der Waals surface area contributed by atoms with Crippen molar-refractivity contribution in [1.29, 1.82) is 0 Å². The molecular weight excluding hydrogens is 328 g/mol. The summed E-state index contributed by atoms with van der Waals surface area (Å²) in [6, 6.07) is 0. The van der Waals surface area contributed by atoms with Crippen LogP contribution in [0.2, 0.25) is 0 Å². The topological polar surface area (TPSA) is 60.2 Å². The van der Waals surface area contributed by atoms with Gasteiger partial charge in [-0.15, -0.1) is 10.2 Å². The number of nitrogens with zero attached hydrogens (tertiary/aromatic N) is 4. The van der Waals surface area contributed by atoms with Gasteiger partial charge < -0.3 is 14.2 Å². The molecule has 1 aromatic heterocycles. The van der Waals surface area contributed by atoms with Gasteiger partial charge >= 0.3 is 0 Å². The molecule has 0 spiro atoms. The first kappa shape index (κ1) is 18.0. The SMILES string of the molecule is O=C(COC1CCCCC1)N1CCCC(c2nnc3n2CCCCC3)C1. The summed E-state index contributed by atoms with van der Waals surface area (Å²) >= 11 is 0. The van der Waals surface area contributed by atoms with Gasteiger partial charge in [-0.25, -0.2) is 0 Å². The molecule has 1 unspecified atom stereocenters. The minimum Gasteiger partial charge on any atom is -0.368 e. The molecule has 1 aromatic rings. The zero-order chi connectivity index (χ0) is 17.8. The van der Waals surface area contributed by atoms with Crippen molar-refractivity contribution < 1.29 is 9.53 Å². The Kier molecular flexibility index (Phi) is 5.88. The van der Waals surface area contributed by atoms with E-state index in [0.29, 0.717) is 12.0 Å². The third kappa shape index (κ3) is 4.11. The number of aromatic nitrogens is 3. The van der Waals surface area contributed by atoms with E-state index in [1.54, 1.807) is 0 Å². The average Bonchev–Trinajstić information content (AvgIpc) is 2.95. The summed E-state index contributed by atoms with van der Waals surface area (Å²) in [6.07, 6.45) is 13.2. The second-order valence-electron chi connectivity index (χ2n) is 8.19. The molecule has 1 saturated heterocycles. The number of piperidine rings is 1. The molecule has 2 aliphatic heterocycles. The standard InChI is InChI=1S/C20H32N4O2/c25-19(15-26-17-9-3-1-4-10-17)23-12-7-8-16(14-23)20-22-21-18-11-5-2-6-13-24(18)20/h16-17H,1-15H2. The molecule has 26 heavy (non-hydrogen) atoms. The summed E-state index contributed by atoms with van der Waals surface area (Å²) in [5.41, 5.74) is 0. The molecule has 1 aliphatic carbocycles. The Hall–Kier alpha value is -1.43. The van der Waals surface area contributed by atoms with E-state index >= 15 is 0 Å². The van der Waals surface area contributed by atoms with Gasteiger partial charge in [-0.05, 0) is 38.5 Å². The summed E-state index contributed by atoms with van der Waals surface area (Å²) in [7, 11) is 0. The molecular formula is C20H32N4O2. The predicted octanol–water partition coefficient (Wildman–Crippen LogP) is 3.06. The number of ether oxygens (including phenoxy) is 1. The fourth-order valence-electron chi connectivity index (χ4n) is 4.74. The van der Waals surface area contributed by atoms with E-state index in [4.69, 9.17) is 4.74 Å². The minimum absolute atomic E-state index is 0.149. The molecule has 1 atom stereocenters. The molecule has 1 saturated carbocycles. The van der Waals surface area contributed by atoms with E-state index < -0.39 is 0 Å². The van der Waals surface area contributed by atoms with Crippen molar-refractivity contribution in [2.24, 2.45) is 0 Å². The van der Waals surface area contributed by atoms with Crippen LogP contribution in [0.5, 0.6) is 0 Å². The van der Waals surface area contributed by atoms with Crippen molar-refractivity contribution in [2.75, 3.05) is 19.7 Å². The Balaban J connectivity index is 1.35. The van der Waals surface area contributed by atoms with Crippen LogP contribution in [-0.4, -0.2) is 51.4 Å². The molecule has 144 valence electrons. The number of hydrogen-bond donors (Lipinski definition) is 0. The molecule has 1 amide bonds. The van der Waals surface area contributed by atoms with Crippen LogP contribution in [0, 0.1) is 0 Å². The molecule has 4 rings (SSSR count). The first-order valence-electron chi connectivity index (χ1n) is 10.6. The van der Waals surface area contributed by atoms with Crippen LogP contribution in [0.1, 0.15) is 81.8 Å². The Morgan fingerprint density at radius 3 is 2.69 bits per heavy atom. The van der Waals surface area contributed by atoms with Crippen LogP contribution in [0.25, 0.3) is 0 Å². The number of likely N-dealkylation sites (tertiary alicyclic amines) is 1. The number of carbonyl (C=O) groups is 1. The quantitative estimate of drug-likeness (QED) is 0.828. The van der Waals surface area contributed by atoms with Gasteiger partial charge in [0.25, 0.3) is 0 Å². The average molecular weight is 361 g/mol. The zero-order valence-corrected chi connectivity index (χ0v) is 15.9. The summed E-state index contributed by atoms with van der Waals surface area (Å²) < 4.78 is 8.24. The maximum absolute atomic E-state index is 12.7. The number of aryl methyl sites for hydroxylation is 1. The van der Waals surface area contributed by atoms with Crippen molar-refractivity contribution in [3.63, 3.8) is 0 Å². The van der Waals surface area contributed by atoms with Gasteiger partial charge in [-0.2, -0.15) is 0 Å². The second-order valence-corrected chi connectivity index (χ2v) is 8.19. The van der Waals surface area contributed by atoms with Crippen LogP contribution in [0.4, 0.5) is 0 Å². The largest absolute Gasteiger partial charge is 0.368 e. The van der Waals surface area contributed by atoms with E-state index in [2.05, 4.69) is 14.8 Å². The normalized spacial score (nSPS) is 24.9. The van der Waals surface area contributed by atoms with Crippen LogP contribution < -0.4 is 0 Å². The second kappa shape index (κ2) is 8.51. The van der Waals surface area contributed by atoms with Crippen molar-refractivity contribution in [3.05, 3.63) is 11.6 Å². The van der Waals surface area contributed by atoms with Gasteiger partial charge in [-0.3, -0.25) is 4.79 Å². The monoisotopic (exact) mass is 360 g/mol. The smallest absolute Gasteiger partial charge is 0.248 e. The van der Waals surface area contributed by atoms with Crippen LogP contribution in [-0.2, 0) is 22.5 Å². The molecule has 0 N–H and O–H groups in total. The van der Waals surface area contributed by atoms with E-state index in [-0.39, 0.29) is 12.5 Å². The number of carbonyl (C=O) groups excluding carboxylic acids is 1. The van der Waals surface area contributed by atoms with Gasteiger partial charge in [0.1, 0.15) is 18.3 Å². The molecule has 3 aliphatic rings. The fraction of sp³-hybridized carbons (Fsp3) is 0.850. The van der Waals surface area contributed by atoms with Crippen molar-refractivity contribution in [2.45, 2.75) is 89.2 Å². The van der Waals surface area contributed by atoms with Gasteiger partial charge in [-0.1, -0.05) is 25.7 Å². The van der Waals surface area contributed by atoms with Gasteiger partial charge in [0.05, 0.1) is 6.10 Å². The lowest BCUT2D eigenvalue weighted by Gasteiger charge is -2.33. The number of rotatable bonds is 4. The number of fused-ring (bicyclic) bond motifs is 1. The van der Waals surface area contributed by atoms with Crippen molar-refractivity contribution in [1.82, 2.24) is 19.7 Å². The Labute approximate surface area is 156 Å². The van der Waals surface area contributed by atoms with E-state index in [9.17, 15) is 4.79 Å². The van der Waals surface area contributed by atoms with Crippen molar-refractivity contribution >= 4 is 5.91 Å². The lowest BCUT2D eigenvalue weighted by molar-refractivity contribution is -0.140. The Morgan fingerprint density at radius 2 is 1.81 bits per heavy atom. The van der Waals surface area contributed by atoms with Gasteiger partial charge in [0, 0.05) is 32.0 Å². The summed E-state index contributed by atoms with van der Waals surface area (Å²) in [4.78, 5) is 14.7. The lowest BCUT2D eigenvalue weighted by atomic mass is 9.96. The highest BCUT2D eigenvalue weighted by atomic mass is 16.5. The minimum atomic E-state index is 0.149. The lowest BCUT2D eigenvalue weighted by Crippen LogP contribution is -2.42. The fourth-order valence-corrected chi connectivity index (χ4v) is 4.74. The van der Waals surface area contributed by atoms with Gasteiger partial charge in [0.15, 0.2) is 0 Å². The molecule has 6 nitrogen and oxygen atoms in total. The predicted molar refractivity (Wildman–Crippen MR) is 99.0 cm³/mol. The zero-order valence-electron chi connectivity index (χ0n) is 15.9. The molecule has 0 radical (unpaired) electrons. The van der Waals surface area contributed by atoms with Gasteiger partial charge in [0.2, 0.25) is 5.91 Å². The third-order valence-corrected chi connectivity index (χ3v) is 6.27. The first-order valence-corrected chi connectivity index (χ1v) is 10.6. The van der Waals surface area contributed by atoms with E-state index in [0.717, 1.165) is 63.4 Å². The molecule has 2 fully saturated rings. The van der Waals surface area contributed by atoms with Crippen LogP contribution in [0.3, 0.4) is 0 Å². The summed E-state index contributed by atoms with van der Waals surface area (Å²) in [6.45, 7) is 2.90. The highest BCUT2D eigenvalue weighted by molar-refractivity contribution is 5.77. The molecule has 0 bridgehead atoms. The van der Waals surface area contributed by atoms with Crippen molar-refractivity contribution in [3.8, 4) is 0 Å². The Morgan fingerprint density at radius 1 is 0.962 bits per heavy atom.